The van der Waals surface area contributed by atoms with Gasteiger partial charge in [0.1, 0.15) is 0 Å². The first-order valence-electron chi connectivity index (χ1n) is 7.93. The largest absolute Gasteiger partial charge is 0.352 e. The highest BCUT2D eigenvalue weighted by Crippen LogP contribution is 2.12. The molecule has 1 saturated heterocycles. The van der Waals surface area contributed by atoms with Crippen molar-refractivity contribution < 1.29 is 9.59 Å². The van der Waals surface area contributed by atoms with Crippen LogP contribution < -0.4 is 10.6 Å². The van der Waals surface area contributed by atoms with Gasteiger partial charge < -0.3 is 15.5 Å². The first kappa shape index (κ1) is 16.5. The van der Waals surface area contributed by atoms with Crippen LogP contribution in [0.1, 0.15) is 37.0 Å². The van der Waals surface area contributed by atoms with Crippen LogP contribution in [-0.2, 0) is 4.79 Å². The van der Waals surface area contributed by atoms with Crippen molar-refractivity contribution in [2.75, 3.05) is 19.6 Å². The summed E-state index contributed by atoms with van der Waals surface area (Å²) in [6.07, 6.45) is 1.94. The third-order valence-electron chi connectivity index (χ3n) is 4.07. The molecule has 5 heteroatoms. The van der Waals surface area contributed by atoms with Gasteiger partial charge in [-0.3, -0.25) is 9.59 Å². The van der Waals surface area contributed by atoms with Gasteiger partial charge in [-0.2, -0.15) is 0 Å². The number of amides is 2. The molecule has 2 N–H and O–H groups in total. The number of rotatable bonds is 5. The molecule has 1 aromatic rings. The summed E-state index contributed by atoms with van der Waals surface area (Å²) in [7, 11) is 0. The summed E-state index contributed by atoms with van der Waals surface area (Å²) in [5, 5.41) is 5.66. The summed E-state index contributed by atoms with van der Waals surface area (Å²) in [4.78, 5) is 26.2. The zero-order chi connectivity index (χ0) is 15.9. The number of likely N-dealkylation sites (tertiary alicyclic amines) is 1. The Morgan fingerprint density at radius 2 is 1.82 bits per heavy atom. The van der Waals surface area contributed by atoms with Gasteiger partial charge >= 0.3 is 0 Å². The topological polar surface area (TPSA) is 61.4 Å². The molecule has 0 aliphatic carbocycles. The molecule has 5 nitrogen and oxygen atoms in total. The van der Waals surface area contributed by atoms with Crippen LogP contribution in [0.5, 0.6) is 0 Å². The normalized spacial score (nSPS) is 16.5. The molecule has 22 heavy (non-hydrogen) atoms. The first-order chi connectivity index (χ1) is 10.6. The second-order valence-electron chi connectivity index (χ2n) is 6.02. The Bertz CT molecular complexity index is 494. The molecule has 1 heterocycles. The van der Waals surface area contributed by atoms with Crippen molar-refractivity contribution in [2.24, 2.45) is 0 Å². The molecule has 1 aliphatic rings. The average Bonchev–Trinajstić information content (AvgIpc) is 2.54. The monoisotopic (exact) mass is 303 g/mol. The lowest BCUT2D eigenvalue weighted by Crippen LogP contribution is -2.48. The van der Waals surface area contributed by atoms with E-state index < -0.39 is 0 Å². The third kappa shape index (κ3) is 4.84. The van der Waals surface area contributed by atoms with Crippen molar-refractivity contribution in [3.63, 3.8) is 0 Å². The summed E-state index contributed by atoms with van der Waals surface area (Å²) < 4.78 is 0. The van der Waals surface area contributed by atoms with Crippen LogP contribution in [0, 0.1) is 0 Å². The molecule has 0 atom stereocenters. The molecule has 2 amide bonds. The van der Waals surface area contributed by atoms with Gasteiger partial charge in [0.15, 0.2) is 0 Å². The summed E-state index contributed by atoms with van der Waals surface area (Å²) in [5.74, 6) is -0.336. The molecule has 120 valence electrons. The molecular formula is C17H25N3O2. The summed E-state index contributed by atoms with van der Waals surface area (Å²) >= 11 is 0. The lowest BCUT2D eigenvalue weighted by molar-refractivity contribution is -0.121. The molecular weight excluding hydrogens is 278 g/mol. The van der Waals surface area contributed by atoms with E-state index >= 15 is 0 Å². The van der Waals surface area contributed by atoms with Crippen molar-refractivity contribution in [3.05, 3.63) is 35.9 Å². The fraction of sp³-hybridized carbons (Fsp3) is 0.529. The molecule has 1 aromatic carbocycles. The minimum absolute atomic E-state index is 0.0259. The van der Waals surface area contributed by atoms with E-state index in [0.29, 0.717) is 11.6 Å². The van der Waals surface area contributed by atoms with E-state index in [2.05, 4.69) is 29.4 Å². The Balaban J connectivity index is 1.69. The van der Waals surface area contributed by atoms with E-state index in [-0.39, 0.29) is 24.4 Å². The number of benzene rings is 1. The van der Waals surface area contributed by atoms with E-state index in [1.807, 2.05) is 6.07 Å². The fourth-order valence-electron chi connectivity index (χ4n) is 2.69. The van der Waals surface area contributed by atoms with Crippen molar-refractivity contribution in [1.82, 2.24) is 15.5 Å². The average molecular weight is 303 g/mol. The van der Waals surface area contributed by atoms with Gasteiger partial charge in [0.2, 0.25) is 5.91 Å². The standard InChI is InChI=1S/C17H25N3O2/c1-13(2)20-10-8-15(9-11-20)19-16(21)12-18-17(22)14-6-4-3-5-7-14/h3-7,13,15H,8-12H2,1-2H3,(H,18,22)(H,19,21). The van der Waals surface area contributed by atoms with E-state index in [1.165, 1.54) is 0 Å². The Hall–Kier alpha value is -1.88. The maximum Gasteiger partial charge on any atom is 0.251 e. The molecule has 1 fully saturated rings. The van der Waals surface area contributed by atoms with Crippen LogP contribution in [0.4, 0.5) is 0 Å². The van der Waals surface area contributed by atoms with Gasteiger partial charge in [-0.1, -0.05) is 18.2 Å². The molecule has 0 aromatic heterocycles. The number of piperidine rings is 1. The van der Waals surface area contributed by atoms with Crippen LogP contribution >= 0.6 is 0 Å². The van der Waals surface area contributed by atoms with Crippen LogP contribution in [0.2, 0.25) is 0 Å². The molecule has 0 saturated carbocycles. The van der Waals surface area contributed by atoms with Crippen LogP contribution in [0.15, 0.2) is 30.3 Å². The minimum atomic E-state index is -0.217. The minimum Gasteiger partial charge on any atom is -0.352 e. The number of hydrogen-bond acceptors (Lipinski definition) is 3. The maximum absolute atomic E-state index is 11.9. The Morgan fingerprint density at radius 1 is 1.18 bits per heavy atom. The van der Waals surface area contributed by atoms with Gasteiger partial charge in [-0.05, 0) is 38.8 Å². The number of nitrogens with one attached hydrogen (secondary N) is 2. The highest BCUT2D eigenvalue weighted by molar-refractivity contribution is 5.96. The number of carbonyl (C=O) groups excluding carboxylic acids is 2. The van der Waals surface area contributed by atoms with Gasteiger partial charge in [0.25, 0.3) is 5.91 Å². The Labute approximate surface area is 132 Å². The second kappa shape index (κ2) is 7.94. The van der Waals surface area contributed by atoms with E-state index in [1.54, 1.807) is 24.3 Å². The highest BCUT2D eigenvalue weighted by atomic mass is 16.2. The summed E-state index contributed by atoms with van der Waals surface area (Å²) in [6, 6.07) is 9.70. The van der Waals surface area contributed by atoms with E-state index in [0.717, 1.165) is 25.9 Å². The zero-order valence-electron chi connectivity index (χ0n) is 13.3. The van der Waals surface area contributed by atoms with Gasteiger partial charge in [0.05, 0.1) is 6.54 Å². The van der Waals surface area contributed by atoms with E-state index in [4.69, 9.17) is 0 Å². The molecule has 0 radical (unpaired) electrons. The predicted octanol–water partition coefficient (Wildman–Crippen LogP) is 1.41. The summed E-state index contributed by atoms with van der Waals surface area (Å²) in [6.45, 7) is 6.44. The van der Waals surface area contributed by atoms with Gasteiger partial charge in [-0.15, -0.1) is 0 Å². The lowest BCUT2D eigenvalue weighted by atomic mass is 10.0. The SMILES string of the molecule is CC(C)N1CCC(NC(=O)CNC(=O)c2ccccc2)CC1. The smallest absolute Gasteiger partial charge is 0.251 e. The van der Waals surface area contributed by atoms with Gasteiger partial charge in [-0.25, -0.2) is 0 Å². The molecule has 0 spiro atoms. The van der Waals surface area contributed by atoms with Crippen molar-refractivity contribution >= 4 is 11.8 Å². The summed E-state index contributed by atoms with van der Waals surface area (Å²) in [5.41, 5.74) is 0.570. The van der Waals surface area contributed by atoms with Crippen LogP contribution in [-0.4, -0.2) is 48.4 Å². The van der Waals surface area contributed by atoms with Crippen molar-refractivity contribution in [2.45, 2.75) is 38.8 Å². The molecule has 2 rings (SSSR count). The maximum atomic E-state index is 11.9. The Morgan fingerprint density at radius 3 is 2.41 bits per heavy atom. The van der Waals surface area contributed by atoms with Crippen LogP contribution in [0.25, 0.3) is 0 Å². The molecule has 1 aliphatic heterocycles. The highest BCUT2D eigenvalue weighted by Gasteiger charge is 2.22. The van der Waals surface area contributed by atoms with Gasteiger partial charge in [0, 0.05) is 30.7 Å². The van der Waals surface area contributed by atoms with Crippen LogP contribution in [0.3, 0.4) is 0 Å². The quantitative estimate of drug-likeness (QED) is 0.864. The van der Waals surface area contributed by atoms with E-state index in [9.17, 15) is 9.59 Å². The lowest BCUT2D eigenvalue weighted by Gasteiger charge is -2.34. The first-order valence-corrected chi connectivity index (χ1v) is 7.93. The molecule has 0 unspecified atom stereocenters. The second-order valence-corrected chi connectivity index (χ2v) is 6.02. The number of hydrogen-bond donors (Lipinski definition) is 2. The Kier molecular flexibility index (Phi) is 5.95. The fourth-order valence-corrected chi connectivity index (χ4v) is 2.69. The number of carbonyl (C=O) groups is 2. The van der Waals surface area contributed by atoms with Crippen molar-refractivity contribution in [1.29, 1.82) is 0 Å². The number of nitrogens with zero attached hydrogens (tertiary/aromatic N) is 1. The molecule has 0 bridgehead atoms. The third-order valence-corrected chi connectivity index (χ3v) is 4.07. The van der Waals surface area contributed by atoms with Crippen molar-refractivity contribution in [3.8, 4) is 0 Å². The predicted molar refractivity (Wildman–Crippen MR) is 86.6 cm³/mol. The zero-order valence-corrected chi connectivity index (χ0v) is 13.3.